The maximum Gasteiger partial charge on any atom is 0.120 e. The van der Waals surface area contributed by atoms with E-state index < -0.39 is 6.10 Å². The topological polar surface area (TPSA) is 29.5 Å². The highest BCUT2D eigenvalue weighted by atomic mass is 127. The zero-order valence-corrected chi connectivity index (χ0v) is 13.5. The number of benzene rings is 2. The van der Waals surface area contributed by atoms with Crippen LogP contribution in [-0.4, -0.2) is 12.2 Å². The molecule has 2 aromatic carbocycles. The lowest BCUT2D eigenvalue weighted by Crippen LogP contribution is -2.03. The highest BCUT2D eigenvalue weighted by Crippen LogP contribution is 2.33. The van der Waals surface area contributed by atoms with E-state index in [0.717, 1.165) is 24.9 Å². The highest BCUT2D eigenvalue weighted by Gasteiger charge is 2.16. The second kappa shape index (κ2) is 6.04. The number of aliphatic hydroxyl groups excluding tert-OH is 1. The van der Waals surface area contributed by atoms with Gasteiger partial charge in [-0.15, -0.1) is 0 Å². The molecular weight excluding hydrogens is 407 g/mol. The van der Waals surface area contributed by atoms with E-state index in [1.807, 2.05) is 42.5 Å². The van der Waals surface area contributed by atoms with Gasteiger partial charge < -0.3 is 9.84 Å². The summed E-state index contributed by atoms with van der Waals surface area (Å²) in [5, 5.41) is 10.4. The van der Waals surface area contributed by atoms with Crippen LogP contribution >= 0.6 is 38.5 Å². The number of methoxy groups -OCH3 is 1. The summed E-state index contributed by atoms with van der Waals surface area (Å²) in [6.07, 6.45) is -0.640. The van der Waals surface area contributed by atoms with Gasteiger partial charge in [-0.1, -0.05) is 40.2 Å². The smallest absolute Gasteiger partial charge is 0.120 e. The van der Waals surface area contributed by atoms with E-state index >= 15 is 0 Å². The standard InChI is InChI=1S/C14H12BrIO2/c1-18-9-6-7-10(12(15)8-9)14(17)11-4-2-3-5-13(11)16/h2-8,14,17H,1H3. The molecule has 0 saturated carbocycles. The fourth-order valence-electron chi connectivity index (χ4n) is 1.72. The van der Waals surface area contributed by atoms with Crippen molar-refractivity contribution >= 4 is 38.5 Å². The van der Waals surface area contributed by atoms with E-state index in [0.29, 0.717) is 0 Å². The van der Waals surface area contributed by atoms with Crippen molar-refractivity contribution in [2.45, 2.75) is 6.10 Å². The number of rotatable bonds is 3. The summed E-state index contributed by atoms with van der Waals surface area (Å²) >= 11 is 5.70. The van der Waals surface area contributed by atoms with Gasteiger partial charge in [0.1, 0.15) is 11.9 Å². The molecule has 2 nitrogen and oxygen atoms in total. The molecule has 0 fully saturated rings. The number of halogens is 2. The minimum absolute atomic E-state index is 0.640. The zero-order valence-electron chi connectivity index (χ0n) is 9.73. The number of hydrogen-bond acceptors (Lipinski definition) is 2. The first-order chi connectivity index (χ1) is 8.63. The molecule has 0 heterocycles. The lowest BCUT2D eigenvalue weighted by atomic mass is 10.0. The average Bonchev–Trinajstić information content (AvgIpc) is 2.38. The van der Waals surface area contributed by atoms with Crippen molar-refractivity contribution in [3.05, 3.63) is 61.6 Å². The van der Waals surface area contributed by atoms with Gasteiger partial charge >= 0.3 is 0 Å². The van der Waals surface area contributed by atoms with Crippen molar-refractivity contribution < 1.29 is 9.84 Å². The summed E-state index contributed by atoms with van der Waals surface area (Å²) in [7, 11) is 1.62. The van der Waals surface area contributed by atoms with Crippen LogP contribution in [0.2, 0.25) is 0 Å². The maximum atomic E-state index is 10.4. The molecular formula is C14H12BrIO2. The molecule has 0 amide bonds. The largest absolute Gasteiger partial charge is 0.497 e. The van der Waals surface area contributed by atoms with Crippen LogP contribution in [0.25, 0.3) is 0 Å². The van der Waals surface area contributed by atoms with Crippen molar-refractivity contribution in [2.24, 2.45) is 0 Å². The zero-order chi connectivity index (χ0) is 13.1. The Hall–Kier alpha value is -0.590. The van der Waals surface area contributed by atoms with Gasteiger partial charge in [0.15, 0.2) is 0 Å². The second-order valence-electron chi connectivity index (χ2n) is 3.81. The first-order valence-electron chi connectivity index (χ1n) is 5.39. The van der Waals surface area contributed by atoms with E-state index in [4.69, 9.17) is 4.74 Å². The maximum absolute atomic E-state index is 10.4. The summed E-state index contributed by atoms with van der Waals surface area (Å²) < 4.78 is 7.03. The van der Waals surface area contributed by atoms with Crippen LogP contribution in [0.3, 0.4) is 0 Å². The van der Waals surface area contributed by atoms with Crippen molar-refractivity contribution in [1.82, 2.24) is 0 Å². The summed E-state index contributed by atoms with van der Waals surface area (Å²) in [4.78, 5) is 0. The van der Waals surface area contributed by atoms with Gasteiger partial charge in [0.25, 0.3) is 0 Å². The Morgan fingerprint density at radius 2 is 1.89 bits per heavy atom. The van der Waals surface area contributed by atoms with Gasteiger partial charge in [0, 0.05) is 8.04 Å². The number of hydrogen-bond donors (Lipinski definition) is 1. The molecule has 0 spiro atoms. The van der Waals surface area contributed by atoms with Crippen LogP contribution in [0.4, 0.5) is 0 Å². The third kappa shape index (κ3) is 2.87. The van der Waals surface area contributed by atoms with Gasteiger partial charge in [-0.05, 0) is 51.9 Å². The first-order valence-corrected chi connectivity index (χ1v) is 7.26. The third-order valence-electron chi connectivity index (χ3n) is 2.70. The van der Waals surface area contributed by atoms with Crippen molar-refractivity contribution in [3.8, 4) is 5.75 Å². The lowest BCUT2D eigenvalue weighted by molar-refractivity contribution is 0.218. The Kier molecular flexibility index (Phi) is 4.64. The summed E-state index contributed by atoms with van der Waals surface area (Å²) in [5.41, 5.74) is 1.74. The van der Waals surface area contributed by atoms with Gasteiger partial charge in [-0.2, -0.15) is 0 Å². The van der Waals surface area contributed by atoms with Gasteiger partial charge in [-0.25, -0.2) is 0 Å². The predicted molar refractivity (Wildman–Crippen MR) is 83.9 cm³/mol. The van der Waals surface area contributed by atoms with Crippen LogP contribution < -0.4 is 4.74 Å². The fraction of sp³-hybridized carbons (Fsp3) is 0.143. The Morgan fingerprint density at radius 3 is 2.50 bits per heavy atom. The molecule has 4 heteroatoms. The Labute approximate surface area is 128 Å². The van der Waals surface area contributed by atoms with Crippen LogP contribution in [-0.2, 0) is 0 Å². The minimum Gasteiger partial charge on any atom is -0.497 e. The van der Waals surface area contributed by atoms with E-state index in [2.05, 4.69) is 38.5 Å². The SMILES string of the molecule is COc1ccc(C(O)c2ccccc2I)c(Br)c1. The fourth-order valence-corrected chi connectivity index (χ4v) is 2.98. The molecule has 1 unspecified atom stereocenters. The molecule has 1 atom stereocenters. The molecule has 1 N–H and O–H groups in total. The molecule has 0 radical (unpaired) electrons. The van der Waals surface area contributed by atoms with Gasteiger partial charge in [0.2, 0.25) is 0 Å². The van der Waals surface area contributed by atoms with Crippen LogP contribution in [0.5, 0.6) is 5.75 Å². The lowest BCUT2D eigenvalue weighted by Gasteiger charge is -2.15. The molecule has 0 aromatic heterocycles. The highest BCUT2D eigenvalue weighted by molar-refractivity contribution is 14.1. The Balaban J connectivity index is 2.40. The molecule has 0 saturated heterocycles. The van der Waals surface area contributed by atoms with Crippen molar-refractivity contribution in [3.63, 3.8) is 0 Å². The van der Waals surface area contributed by atoms with E-state index in [1.54, 1.807) is 7.11 Å². The van der Waals surface area contributed by atoms with Crippen LogP contribution in [0, 0.1) is 3.57 Å². The Bertz CT molecular complexity index is 557. The number of aliphatic hydroxyl groups is 1. The second-order valence-corrected chi connectivity index (χ2v) is 5.83. The molecule has 2 aromatic rings. The summed E-state index contributed by atoms with van der Waals surface area (Å²) in [6, 6.07) is 13.4. The molecule has 0 aliphatic heterocycles. The van der Waals surface area contributed by atoms with Crippen LogP contribution in [0.15, 0.2) is 46.9 Å². The normalized spacial score (nSPS) is 12.2. The molecule has 18 heavy (non-hydrogen) atoms. The molecule has 0 aliphatic carbocycles. The molecule has 94 valence electrons. The number of ether oxygens (including phenoxy) is 1. The quantitative estimate of drug-likeness (QED) is 0.759. The molecule has 0 bridgehead atoms. The van der Waals surface area contributed by atoms with Gasteiger partial charge in [0.05, 0.1) is 7.11 Å². The third-order valence-corrected chi connectivity index (χ3v) is 4.37. The van der Waals surface area contributed by atoms with Gasteiger partial charge in [-0.3, -0.25) is 0 Å². The first kappa shape index (κ1) is 13.8. The van der Waals surface area contributed by atoms with Crippen molar-refractivity contribution in [2.75, 3.05) is 7.11 Å². The minimum atomic E-state index is -0.640. The predicted octanol–water partition coefficient (Wildman–Crippen LogP) is 4.14. The monoisotopic (exact) mass is 418 g/mol. The molecule has 2 rings (SSSR count). The average molecular weight is 419 g/mol. The van der Waals surface area contributed by atoms with E-state index in [9.17, 15) is 5.11 Å². The van der Waals surface area contributed by atoms with Crippen LogP contribution in [0.1, 0.15) is 17.2 Å². The molecule has 0 aliphatic rings. The van der Waals surface area contributed by atoms with Crippen molar-refractivity contribution in [1.29, 1.82) is 0 Å². The Morgan fingerprint density at radius 1 is 1.17 bits per heavy atom. The van der Waals surface area contributed by atoms with E-state index in [-0.39, 0.29) is 0 Å². The summed E-state index contributed by atoms with van der Waals surface area (Å²) in [5.74, 6) is 0.764. The van der Waals surface area contributed by atoms with E-state index in [1.165, 1.54) is 0 Å². The summed E-state index contributed by atoms with van der Waals surface area (Å²) in [6.45, 7) is 0.